The van der Waals surface area contributed by atoms with E-state index in [2.05, 4.69) is 20.1 Å². The Morgan fingerprint density at radius 3 is 1.88 bits per heavy atom. The summed E-state index contributed by atoms with van der Waals surface area (Å²) in [6, 6.07) is 15.6. The Bertz CT molecular complexity index is 2460. The van der Waals surface area contributed by atoms with Crippen LogP contribution in [0.3, 0.4) is 0 Å². The van der Waals surface area contributed by atoms with Crippen LogP contribution in [0.1, 0.15) is 58.1 Å². The van der Waals surface area contributed by atoms with Crippen LogP contribution in [-0.4, -0.2) is 62.3 Å². The molecule has 2 unspecified atom stereocenters. The van der Waals surface area contributed by atoms with Gasteiger partial charge in [0, 0.05) is 55.2 Å². The quantitative estimate of drug-likeness (QED) is 0.105. The highest BCUT2D eigenvalue weighted by molar-refractivity contribution is 6.47. The molecule has 2 atom stereocenters. The van der Waals surface area contributed by atoms with Gasteiger partial charge in [-0.3, -0.25) is 23.3 Å². The first-order valence-electron chi connectivity index (χ1n) is 15.5. The third-order valence-electron chi connectivity index (χ3n) is 9.11. The minimum atomic E-state index is -0.701. The number of rotatable bonds is 0. The Balaban J connectivity index is 0.000000114. The minimum absolute atomic E-state index is 0.0839. The van der Waals surface area contributed by atoms with Gasteiger partial charge in [-0.1, -0.05) is 29.4 Å². The van der Waals surface area contributed by atoms with Crippen LogP contribution in [0.5, 0.6) is 0 Å². The molecule has 0 aliphatic carbocycles. The molecule has 6 heterocycles. The number of aromatic amines is 3. The zero-order valence-corrected chi connectivity index (χ0v) is 25.6. The van der Waals surface area contributed by atoms with Crippen LogP contribution in [0.25, 0.3) is 33.1 Å². The van der Waals surface area contributed by atoms with Crippen LogP contribution in [0.4, 0.5) is 0 Å². The Hall–Kier alpha value is -5.80. The van der Waals surface area contributed by atoms with Crippen molar-refractivity contribution in [2.24, 2.45) is 10.9 Å². The molecule has 0 radical (unpaired) electrons. The number of hydrogen-bond donors (Lipinski definition) is 6. The van der Waals surface area contributed by atoms with Crippen molar-refractivity contribution in [1.82, 2.24) is 28.7 Å². The maximum absolute atomic E-state index is 12.0. The Kier molecular flexibility index (Phi) is 7.77. The van der Waals surface area contributed by atoms with Crippen LogP contribution in [-0.2, 0) is 19.6 Å². The zero-order chi connectivity index (χ0) is 33.7. The van der Waals surface area contributed by atoms with E-state index in [1.807, 2.05) is 24.3 Å². The van der Waals surface area contributed by atoms with Gasteiger partial charge in [0.15, 0.2) is 5.78 Å². The van der Waals surface area contributed by atoms with Gasteiger partial charge in [-0.15, -0.1) is 0 Å². The summed E-state index contributed by atoms with van der Waals surface area (Å²) in [5, 5.41) is 21.9. The molecular weight excluding hydrogens is 620 g/mol. The molecular formula is C33H32N8O7. The highest BCUT2D eigenvalue weighted by Crippen LogP contribution is 2.28. The summed E-state index contributed by atoms with van der Waals surface area (Å²) in [4.78, 5) is 67.1. The number of aliphatic hydroxyl groups is 1. The number of Topliss-reactive ketones (excluding diaryl/α,β-unsaturated/α-hetero) is 2. The van der Waals surface area contributed by atoms with Crippen LogP contribution < -0.4 is 22.8 Å². The fourth-order valence-electron chi connectivity index (χ4n) is 6.75. The average molecular weight is 653 g/mol. The number of aliphatic hydroxyl groups excluding tert-OH is 1. The second-order valence-corrected chi connectivity index (χ2v) is 11.9. The molecule has 246 valence electrons. The van der Waals surface area contributed by atoms with E-state index in [9.17, 15) is 29.1 Å². The Morgan fingerprint density at radius 2 is 1.23 bits per heavy atom. The number of nitrogens with two attached hydrogens (primary N) is 1. The molecule has 0 saturated carbocycles. The maximum Gasteiger partial charge on any atom is 0.326 e. The molecule has 0 amide bonds. The van der Waals surface area contributed by atoms with Gasteiger partial charge in [0.1, 0.15) is 5.71 Å². The lowest BCUT2D eigenvalue weighted by molar-refractivity contribution is 0.0981. The predicted molar refractivity (Wildman–Crippen MR) is 177 cm³/mol. The van der Waals surface area contributed by atoms with Gasteiger partial charge in [0.25, 0.3) is 0 Å². The summed E-state index contributed by atoms with van der Waals surface area (Å²) >= 11 is 0. The summed E-state index contributed by atoms with van der Waals surface area (Å²) in [5.74, 6) is -0.200. The number of aryl methyl sites for hydroxylation is 3. The highest BCUT2D eigenvalue weighted by atomic mass is 16.4. The lowest BCUT2D eigenvalue weighted by Crippen LogP contribution is -2.28. The summed E-state index contributed by atoms with van der Waals surface area (Å²) in [6.07, 6.45) is 1.41. The fourth-order valence-corrected chi connectivity index (χ4v) is 6.75. The summed E-state index contributed by atoms with van der Waals surface area (Å²) in [7, 11) is 0. The van der Waals surface area contributed by atoms with Gasteiger partial charge >= 0.3 is 17.1 Å². The number of oxime groups is 1. The van der Waals surface area contributed by atoms with Crippen molar-refractivity contribution < 1.29 is 19.9 Å². The van der Waals surface area contributed by atoms with E-state index in [1.54, 1.807) is 39.5 Å². The van der Waals surface area contributed by atoms with Gasteiger partial charge in [-0.2, -0.15) is 0 Å². The van der Waals surface area contributed by atoms with Gasteiger partial charge in [-0.05, 0) is 43.2 Å². The number of benzene rings is 3. The van der Waals surface area contributed by atoms with E-state index >= 15 is 0 Å². The normalized spacial score (nSPS) is 19.3. The number of imidazole rings is 3. The largest absolute Gasteiger partial charge is 0.411 e. The molecule has 7 N–H and O–H groups in total. The van der Waals surface area contributed by atoms with E-state index in [0.717, 1.165) is 34.1 Å². The third kappa shape index (κ3) is 5.09. The van der Waals surface area contributed by atoms with Gasteiger partial charge < -0.3 is 31.0 Å². The van der Waals surface area contributed by atoms with Crippen molar-refractivity contribution >= 4 is 50.4 Å². The number of aromatic nitrogens is 6. The Morgan fingerprint density at radius 1 is 0.688 bits per heavy atom. The predicted octanol–water partition coefficient (Wildman–Crippen LogP) is 2.15. The monoisotopic (exact) mass is 652 g/mol. The van der Waals surface area contributed by atoms with Gasteiger partial charge in [-0.25, -0.2) is 14.4 Å². The molecule has 0 fully saturated rings. The second-order valence-electron chi connectivity index (χ2n) is 11.9. The second kappa shape index (κ2) is 12.1. The molecule has 0 bridgehead atoms. The number of hydrogen-bond acceptors (Lipinski definition) is 9. The van der Waals surface area contributed by atoms with E-state index in [1.165, 1.54) is 4.57 Å². The van der Waals surface area contributed by atoms with Crippen molar-refractivity contribution in [3.8, 4) is 0 Å². The van der Waals surface area contributed by atoms with E-state index in [4.69, 9.17) is 10.9 Å². The van der Waals surface area contributed by atoms with Crippen molar-refractivity contribution in [2.45, 2.75) is 57.5 Å². The topological polar surface area (TPSA) is 226 Å². The van der Waals surface area contributed by atoms with Crippen molar-refractivity contribution in [2.75, 3.05) is 0 Å². The zero-order valence-electron chi connectivity index (χ0n) is 25.6. The first kappa shape index (κ1) is 30.8. The first-order chi connectivity index (χ1) is 23.2. The SMILES string of the molecule is NC1CCn2c(=O)[nH]c3cccc(c32)C1O.O=C1/C(=N/O)CCn2c(=O)[nH]c3cccc1c32.O=C1CCCn2c(=O)[nH]c3cccc1c32. The molecule has 3 aromatic heterocycles. The molecule has 6 aromatic rings. The number of nitrogens with zero attached hydrogens (tertiary/aromatic N) is 4. The molecule has 3 aromatic carbocycles. The molecule has 0 saturated heterocycles. The number of nitrogens with one attached hydrogen (secondary N) is 3. The standard InChI is InChI=1S/C11H9N3O3.C11H13N3O2.C11H10N2O2/c15-10-6-2-1-3-7-9(6)14(11(16)12-7)5-4-8(10)13-17;12-7-4-5-14-9-6(10(7)15)2-1-3-8(9)13-11(14)16;14-9-5-2-6-13-10-7(9)3-1-4-8(10)12-11(13)15/h1-3,17H,4-5H2,(H,12,16);1-3,7,10,15H,4-5,12H2,(H,13,16);1,3-4H,2,5-6H2,(H,12,15)/b13-8+;;. The fraction of sp³-hybridized carbons (Fsp3) is 0.273. The number of carbonyl (C=O) groups is 2. The lowest BCUT2D eigenvalue weighted by atomic mass is 10.0. The summed E-state index contributed by atoms with van der Waals surface area (Å²) in [6.45, 7) is 1.51. The minimum Gasteiger partial charge on any atom is -0.411 e. The number of carbonyl (C=O) groups excluding carboxylic acids is 2. The average Bonchev–Trinajstić information content (AvgIpc) is 3.58. The van der Waals surface area contributed by atoms with Crippen LogP contribution in [0.15, 0.2) is 74.1 Å². The summed E-state index contributed by atoms with van der Waals surface area (Å²) < 4.78 is 4.82. The van der Waals surface area contributed by atoms with Crippen LogP contribution in [0, 0.1) is 0 Å². The van der Waals surface area contributed by atoms with Crippen LogP contribution >= 0.6 is 0 Å². The molecule has 0 spiro atoms. The van der Waals surface area contributed by atoms with Crippen molar-refractivity contribution in [1.29, 1.82) is 0 Å². The third-order valence-corrected chi connectivity index (χ3v) is 9.11. The van der Waals surface area contributed by atoms with E-state index < -0.39 is 6.10 Å². The molecule has 9 rings (SSSR count). The van der Waals surface area contributed by atoms with E-state index in [0.29, 0.717) is 54.6 Å². The highest BCUT2D eigenvalue weighted by Gasteiger charge is 2.26. The maximum atomic E-state index is 12.0. The Labute approximate surface area is 269 Å². The molecule has 3 aliphatic rings. The van der Waals surface area contributed by atoms with E-state index in [-0.39, 0.29) is 46.8 Å². The molecule has 3 aliphatic heterocycles. The number of para-hydroxylation sites is 3. The summed E-state index contributed by atoms with van der Waals surface area (Å²) in [5.41, 5.74) is 11.5. The number of ketones is 2. The first-order valence-corrected chi connectivity index (χ1v) is 15.5. The van der Waals surface area contributed by atoms with Crippen LogP contribution in [0.2, 0.25) is 0 Å². The lowest BCUT2D eigenvalue weighted by Gasteiger charge is -2.15. The van der Waals surface area contributed by atoms with Crippen molar-refractivity contribution in [3.05, 3.63) is 103 Å². The molecule has 48 heavy (non-hydrogen) atoms. The molecule has 15 nitrogen and oxygen atoms in total. The van der Waals surface area contributed by atoms with Gasteiger partial charge in [0.05, 0.1) is 39.2 Å². The molecule has 15 heteroatoms. The smallest absolute Gasteiger partial charge is 0.326 e. The number of H-pyrrole nitrogens is 3. The van der Waals surface area contributed by atoms with Gasteiger partial charge in [0.2, 0.25) is 5.78 Å². The van der Waals surface area contributed by atoms with Crippen molar-refractivity contribution in [3.63, 3.8) is 0 Å².